The Hall–Kier alpha value is -2.54. The van der Waals surface area contributed by atoms with E-state index in [1.54, 1.807) is 23.8 Å². The Morgan fingerprint density at radius 3 is 2.96 bits per heavy atom. The van der Waals surface area contributed by atoms with Gasteiger partial charge in [0.25, 0.3) is 0 Å². The van der Waals surface area contributed by atoms with E-state index in [-0.39, 0.29) is 18.5 Å². The Balaban J connectivity index is 1.72. The van der Waals surface area contributed by atoms with Gasteiger partial charge in [-0.25, -0.2) is 4.79 Å². The van der Waals surface area contributed by atoms with Crippen LogP contribution in [0, 0.1) is 0 Å². The van der Waals surface area contributed by atoms with Crippen LogP contribution < -0.4 is 5.32 Å². The van der Waals surface area contributed by atoms with Crippen molar-refractivity contribution in [1.29, 1.82) is 0 Å². The molecule has 0 aliphatic carbocycles. The summed E-state index contributed by atoms with van der Waals surface area (Å²) in [6.07, 6.45) is 2.23. The molecule has 0 aromatic carbocycles. The summed E-state index contributed by atoms with van der Waals surface area (Å²) in [5.41, 5.74) is 0.400. The fourth-order valence-electron chi connectivity index (χ4n) is 2.75. The van der Waals surface area contributed by atoms with Gasteiger partial charge in [-0.05, 0) is 43.5 Å². The van der Waals surface area contributed by atoms with Crippen LogP contribution in [-0.4, -0.2) is 29.1 Å². The van der Waals surface area contributed by atoms with Crippen molar-refractivity contribution in [2.24, 2.45) is 0 Å². The number of nitrogens with zero attached hydrogens (tertiary/aromatic N) is 1. The highest BCUT2D eigenvalue weighted by molar-refractivity contribution is 7.16. The number of fused-ring (bicyclic) bond motifs is 1. The molecular formula is C18H20N2O4S. The lowest BCUT2D eigenvalue weighted by atomic mass is 10.2. The molecule has 25 heavy (non-hydrogen) atoms. The first-order valence-corrected chi connectivity index (χ1v) is 9.02. The van der Waals surface area contributed by atoms with E-state index in [1.165, 1.54) is 11.3 Å². The fourth-order valence-corrected chi connectivity index (χ4v) is 3.65. The van der Waals surface area contributed by atoms with E-state index < -0.39 is 5.97 Å². The Bertz CT molecular complexity index is 863. The molecule has 3 heterocycles. The van der Waals surface area contributed by atoms with Crippen LogP contribution in [0.1, 0.15) is 30.1 Å². The number of hydrogen-bond acceptors (Lipinski definition) is 5. The van der Waals surface area contributed by atoms with Crippen LogP contribution in [0.3, 0.4) is 0 Å². The van der Waals surface area contributed by atoms with Crippen molar-refractivity contribution in [2.45, 2.75) is 32.9 Å². The standard InChI is InChI=1S/C18H20N2O4S/c1-3-23-18(22)15-10-13-6-8-25-17(13)20(15)11-16(21)19-12(2)9-14-5-4-7-24-14/h4-8,10,12H,3,9,11H2,1-2H3,(H,19,21)/t12-/m0/s1. The quantitative estimate of drug-likeness (QED) is 0.657. The number of aromatic nitrogens is 1. The van der Waals surface area contributed by atoms with Crippen LogP contribution in [0.2, 0.25) is 0 Å². The van der Waals surface area contributed by atoms with Crippen molar-refractivity contribution in [1.82, 2.24) is 9.88 Å². The van der Waals surface area contributed by atoms with E-state index in [0.29, 0.717) is 18.7 Å². The predicted molar refractivity (Wildman–Crippen MR) is 95.8 cm³/mol. The van der Waals surface area contributed by atoms with Gasteiger partial charge >= 0.3 is 5.97 Å². The molecular weight excluding hydrogens is 340 g/mol. The van der Waals surface area contributed by atoms with Gasteiger partial charge in [0.2, 0.25) is 5.91 Å². The molecule has 1 atom stereocenters. The maximum Gasteiger partial charge on any atom is 0.355 e. The molecule has 1 amide bonds. The lowest BCUT2D eigenvalue weighted by Gasteiger charge is -2.14. The highest BCUT2D eigenvalue weighted by Gasteiger charge is 2.20. The topological polar surface area (TPSA) is 73.5 Å². The molecule has 132 valence electrons. The molecule has 7 heteroatoms. The average molecular weight is 360 g/mol. The van der Waals surface area contributed by atoms with Crippen molar-refractivity contribution in [3.8, 4) is 0 Å². The number of carbonyl (C=O) groups is 2. The van der Waals surface area contributed by atoms with Crippen LogP contribution in [-0.2, 0) is 22.5 Å². The predicted octanol–water partition coefficient (Wildman–Crippen LogP) is 3.22. The Kier molecular flexibility index (Phi) is 5.23. The molecule has 0 saturated heterocycles. The van der Waals surface area contributed by atoms with Gasteiger partial charge in [-0.1, -0.05) is 0 Å². The molecule has 0 aliphatic rings. The molecule has 0 saturated carbocycles. The number of esters is 1. The molecule has 0 unspecified atom stereocenters. The van der Waals surface area contributed by atoms with Crippen LogP contribution in [0.4, 0.5) is 0 Å². The summed E-state index contributed by atoms with van der Waals surface area (Å²) in [4.78, 5) is 25.5. The number of furan rings is 1. The third kappa shape index (κ3) is 3.93. The summed E-state index contributed by atoms with van der Waals surface area (Å²) in [5.74, 6) is 0.250. The molecule has 3 rings (SSSR count). The van der Waals surface area contributed by atoms with Gasteiger partial charge in [-0.15, -0.1) is 11.3 Å². The van der Waals surface area contributed by atoms with Gasteiger partial charge in [0.05, 0.1) is 12.9 Å². The molecule has 3 aromatic rings. The number of amides is 1. The monoisotopic (exact) mass is 360 g/mol. The van der Waals surface area contributed by atoms with E-state index in [4.69, 9.17) is 9.15 Å². The lowest BCUT2D eigenvalue weighted by Crippen LogP contribution is -2.36. The van der Waals surface area contributed by atoms with Crippen molar-refractivity contribution < 1.29 is 18.7 Å². The van der Waals surface area contributed by atoms with Gasteiger partial charge in [0, 0.05) is 17.8 Å². The van der Waals surface area contributed by atoms with E-state index in [9.17, 15) is 9.59 Å². The maximum atomic E-state index is 12.4. The molecule has 0 bridgehead atoms. The number of nitrogens with one attached hydrogen (secondary N) is 1. The highest BCUT2D eigenvalue weighted by Crippen LogP contribution is 2.25. The smallest absolute Gasteiger partial charge is 0.355 e. The Morgan fingerprint density at radius 2 is 2.24 bits per heavy atom. The summed E-state index contributed by atoms with van der Waals surface area (Å²) in [6.45, 7) is 4.05. The maximum absolute atomic E-state index is 12.4. The summed E-state index contributed by atoms with van der Waals surface area (Å²) in [7, 11) is 0. The molecule has 3 aromatic heterocycles. The largest absolute Gasteiger partial charge is 0.469 e. The van der Waals surface area contributed by atoms with E-state index in [2.05, 4.69) is 5.32 Å². The third-order valence-corrected chi connectivity index (χ3v) is 4.74. The first kappa shape index (κ1) is 17.3. The summed E-state index contributed by atoms with van der Waals surface area (Å²) >= 11 is 1.50. The van der Waals surface area contributed by atoms with Crippen molar-refractivity contribution in [3.05, 3.63) is 47.4 Å². The van der Waals surface area contributed by atoms with Crippen molar-refractivity contribution in [3.63, 3.8) is 0 Å². The average Bonchev–Trinajstić information content (AvgIpc) is 3.26. The molecule has 0 aliphatic heterocycles. The Morgan fingerprint density at radius 1 is 1.40 bits per heavy atom. The van der Waals surface area contributed by atoms with Gasteiger partial charge < -0.3 is 19.0 Å². The fraction of sp³-hybridized carbons (Fsp3) is 0.333. The van der Waals surface area contributed by atoms with Gasteiger partial charge in [-0.2, -0.15) is 0 Å². The second kappa shape index (κ2) is 7.57. The first-order chi connectivity index (χ1) is 12.1. The summed E-state index contributed by atoms with van der Waals surface area (Å²) < 4.78 is 12.1. The zero-order valence-corrected chi connectivity index (χ0v) is 15.0. The van der Waals surface area contributed by atoms with Crippen LogP contribution in [0.25, 0.3) is 10.2 Å². The van der Waals surface area contributed by atoms with Crippen LogP contribution >= 0.6 is 11.3 Å². The first-order valence-electron chi connectivity index (χ1n) is 8.14. The summed E-state index contributed by atoms with van der Waals surface area (Å²) in [5, 5.41) is 5.82. The van der Waals surface area contributed by atoms with E-state index in [1.807, 2.05) is 30.5 Å². The third-order valence-electron chi connectivity index (χ3n) is 3.78. The van der Waals surface area contributed by atoms with E-state index in [0.717, 1.165) is 16.0 Å². The molecule has 0 spiro atoms. The second-order valence-electron chi connectivity index (χ2n) is 5.77. The molecule has 0 radical (unpaired) electrons. The van der Waals surface area contributed by atoms with Crippen molar-refractivity contribution >= 4 is 33.4 Å². The number of hydrogen-bond donors (Lipinski definition) is 1. The minimum atomic E-state index is -0.415. The van der Waals surface area contributed by atoms with E-state index >= 15 is 0 Å². The molecule has 1 N–H and O–H groups in total. The van der Waals surface area contributed by atoms with Gasteiger partial charge in [0.1, 0.15) is 22.8 Å². The number of ether oxygens (including phenoxy) is 1. The minimum absolute atomic E-state index is 0.0701. The molecule has 6 nitrogen and oxygen atoms in total. The van der Waals surface area contributed by atoms with Crippen molar-refractivity contribution in [2.75, 3.05) is 6.61 Å². The normalized spacial score (nSPS) is 12.2. The van der Waals surface area contributed by atoms with Crippen LogP contribution in [0.5, 0.6) is 0 Å². The highest BCUT2D eigenvalue weighted by atomic mass is 32.1. The zero-order valence-electron chi connectivity index (χ0n) is 14.2. The zero-order chi connectivity index (χ0) is 17.8. The number of rotatable bonds is 7. The SMILES string of the molecule is CCOC(=O)c1cc2ccsc2n1CC(=O)N[C@@H](C)Cc1ccco1. The van der Waals surface area contributed by atoms with Gasteiger partial charge in [0.15, 0.2) is 0 Å². The minimum Gasteiger partial charge on any atom is -0.469 e. The Labute approximate surface area is 149 Å². The number of carbonyl (C=O) groups excluding carboxylic acids is 2. The summed E-state index contributed by atoms with van der Waals surface area (Å²) in [6, 6.07) is 7.32. The lowest BCUT2D eigenvalue weighted by molar-refractivity contribution is -0.122. The second-order valence-corrected chi connectivity index (χ2v) is 6.66. The van der Waals surface area contributed by atoms with Crippen LogP contribution in [0.15, 0.2) is 40.3 Å². The number of thiophene rings is 1. The van der Waals surface area contributed by atoms with Gasteiger partial charge in [-0.3, -0.25) is 4.79 Å². The molecule has 0 fully saturated rings.